The number of nitrogens with one attached hydrogen (secondary N) is 1. The maximum absolute atomic E-state index is 10.7. The van der Waals surface area contributed by atoms with Gasteiger partial charge in [0.2, 0.25) is 0 Å². The molecule has 0 aliphatic carbocycles. The first-order valence-corrected chi connectivity index (χ1v) is 10.3. The van der Waals surface area contributed by atoms with Gasteiger partial charge in [-0.3, -0.25) is 9.67 Å². The second kappa shape index (κ2) is 7.71. The highest BCUT2D eigenvalue weighted by molar-refractivity contribution is 6.23. The summed E-state index contributed by atoms with van der Waals surface area (Å²) < 4.78 is 1.98. The average Bonchev–Trinajstić information content (AvgIpc) is 3.02. The van der Waals surface area contributed by atoms with Gasteiger partial charge >= 0.3 is 0 Å². The van der Waals surface area contributed by atoms with Gasteiger partial charge in [0.15, 0.2) is 0 Å². The Balaban J connectivity index is 1.84. The number of phenols is 1. The molecule has 0 amide bonds. The van der Waals surface area contributed by atoms with E-state index in [2.05, 4.69) is 22.3 Å². The fourth-order valence-electron chi connectivity index (χ4n) is 4.54. The molecule has 1 aromatic heterocycles. The van der Waals surface area contributed by atoms with Crippen molar-refractivity contribution in [3.05, 3.63) is 35.7 Å². The van der Waals surface area contributed by atoms with Crippen LogP contribution in [0.15, 0.2) is 35.3 Å². The molecular formula is C22H25N5O3. The van der Waals surface area contributed by atoms with Crippen LogP contribution < -0.4 is 15.6 Å². The summed E-state index contributed by atoms with van der Waals surface area (Å²) in [5, 5.41) is 41.8. The summed E-state index contributed by atoms with van der Waals surface area (Å²) in [7, 11) is 0. The van der Waals surface area contributed by atoms with Crippen LogP contribution in [0.3, 0.4) is 0 Å². The smallest absolute Gasteiger partial charge is 0.125 e. The number of hydrogen-bond acceptors (Lipinski definition) is 7. The number of benzene rings is 3. The predicted molar refractivity (Wildman–Crippen MR) is 117 cm³/mol. The predicted octanol–water partition coefficient (Wildman–Crippen LogP) is 0.781. The molecule has 4 N–H and O–H groups in total. The maximum atomic E-state index is 10.7. The zero-order valence-corrected chi connectivity index (χ0v) is 16.7. The number of aromatic nitrogens is 2. The first-order chi connectivity index (χ1) is 14.7. The molecule has 1 aliphatic rings. The second-order valence-corrected chi connectivity index (χ2v) is 7.54. The summed E-state index contributed by atoms with van der Waals surface area (Å²) in [4.78, 5) is 7.02. The number of anilines is 1. The third-order valence-corrected chi connectivity index (χ3v) is 5.81. The SMILES string of the molecule is OCCNCCn1nc2c3cccc(O)c3c3c4c(ccc1c42)N(CCO)CCN=3. The fraction of sp³-hybridized carbons (Fsp3) is 0.364. The number of hydrogen-bond donors (Lipinski definition) is 4. The zero-order chi connectivity index (χ0) is 20.7. The van der Waals surface area contributed by atoms with E-state index in [1.807, 2.05) is 16.8 Å². The van der Waals surface area contributed by atoms with Crippen molar-refractivity contribution in [1.82, 2.24) is 15.1 Å². The van der Waals surface area contributed by atoms with Gasteiger partial charge in [-0.15, -0.1) is 0 Å². The Morgan fingerprint density at radius 1 is 0.967 bits per heavy atom. The van der Waals surface area contributed by atoms with E-state index in [4.69, 9.17) is 15.2 Å². The number of aliphatic hydroxyl groups excluding tert-OH is 2. The largest absolute Gasteiger partial charge is 0.507 e. The molecule has 0 fully saturated rings. The van der Waals surface area contributed by atoms with Crippen molar-refractivity contribution in [2.45, 2.75) is 6.54 Å². The molecule has 0 saturated heterocycles. The number of nitrogens with zero attached hydrogens (tertiary/aromatic N) is 4. The summed E-state index contributed by atoms with van der Waals surface area (Å²) in [6.07, 6.45) is 0. The minimum atomic E-state index is 0.0668. The molecule has 156 valence electrons. The molecule has 0 atom stereocenters. The van der Waals surface area contributed by atoms with E-state index in [0.717, 1.165) is 43.6 Å². The summed E-state index contributed by atoms with van der Waals surface area (Å²) in [6, 6.07) is 9.67. The number of aliphatic hydroxyl groups is 2. The third-order valence-electron chi connectivity index (χ3n) is 5.81. The van der Waals surface area contributed by atoms with Gasteiger partial charge in [0.25, 0.3) is 0 Å². The number of phenolic OH excluding ortho intramolecular Hbond substituents is 1. The van der Waals surface area contributed by atoms with Gasteiger partial charge in [-0.25, -0.2) is 0 Å². The van der Waals surface area contributed by atoms with E-state index in [9.17, 15) is 10.2 Å². The Labute approximate surface area is 173 Å². The monoisotopic (exact) mass is 407 g/mol. The van der Waals surface area contributed by atoms with Crippen molar-refractivity contribution in [2.75, 3.05) is 50.8 Å². The van der Waals surface area contributed by atoms with Crippen molar-refractivity contribution >= 4 is 38.3 Å². The Bertz CT molecular complexity index is 1280. The highest BCUT2D eigenvalue weighted by atomic mass is 16.3. The van der Waals surface area contributed by atoms with Gasteiger partial charge in [0, 0.05) is 48.0 Å². The van der Waals surface area contributed by atoms with E-state index in [1.165, 1.54) is 0 Å². The summed E-state index contributed by atoms with van der Waals surface area (Å²) >= 11 is 0. The average molecular weight is 407 g/mol. The van der Waals surface area contributed by atoms with Gasteiger partial charge < -0.3 is 25.5 Å². The highest BCUT2D eigenvalue weighted by Crippen LogP contribution is 2.38. The van der Waals surface area contributed by atoms with Crippen molar-refractivity contribution < 1.29 is 15.3 Å². The minimum absolute atomic E-state index is 0.0668. The van der Waals surface area contributed by atoms with Gasteiger partial charge in [-0.2, -0.15) is 5.10 Å². The second-order valence-electron chi connectivity index (χ2n) is 7.54. The number of rotatable bonds is 7. The molecule has 0 bridgehead atoms. The highest BCUT2D eigenvalue weighted by Gasteiger charge is 2.23. The van der Waals surface area contributed by atoms with Crippen LogP contribution in [0.2, 0.25) is 0 Å². The van der Waals surface area contributed by atoms with Gasteiger partial charge in [0.1, 0.15) is 11.3 Å². The Morgan fingerprint density at radius 3 is 2.70 bits per heavy atom. The number of fused-ring (bicyclic) bond motifs is 3. The molecule has 8 heteroatoms. The lowest BCUT2D eigenvalue weighted by molar-refractivity contribution is 0.291. The first kappa shape index (κ1) is 19.0. The maximum Gasteiger partial charge on any atom is 0.125 e. The van der Waals surface area contributed by atoms with Gasteiger partial charge in [0.05, 0.1) is 42.6 Å². The minimum Gasteiger partial charge on any atom is -0.507 e. The van der Waals surface area contributed by atoms with E-state index in [-0.39, 0.29) is 19.0 Å². The zero-order valence-electron chi connectivity index (χ0n) is 16.7. The fourth-order valence-corrected chi connectivity index (χ4v) is 4.54. The van der Waals surface area contributed by atoms with Crippen LogP contribution in [0, 0.1) is 0 Å². The number of aromatic hydroxyl groups is 1. The molecular weight excluding hydrogens is 382 g/mol. The van der Waals surface area contributed by atoms with Gasteiger partial charge in [-0.1, -0.05) is 12.1 Å². The molecule has 30 heavy (non-hydrogen) atoms. The van der Waals surface area contributed by atoms with Crippen molar-refractivity contribution in [2.24, 2.45) is 4.99 Å². The lowest BCUT2D eigenvalue weighted by Gasteiger charge is -2.23. The van der Waals surface area contributed by atoms with Crippen LogP contribution in [0.4, 0.5) is 5.69 Å². The van der Waals surface area contributed by atoms with Crippen LogP contribution in [-0.2, 0) is 6.54 Å². The Morgan fingerprint density at radius 2 is 1.87 bits per heavy atom. The Kier molecular flexibility index (Phi) is 4.90. The van der Waals surface area contributed by atoms with E-state index < -0.39 is 0 Å². The topological polar surface area (TPSA) is 106 Å². The van der Waals surface area contributed by atoms with Crippen LogP contribution in [-0.4, -0.2) is 71.0 Å². The van der Waals surface area contributed by atoms with Crippen LogP contribution >= 0.6 is 0 Å². The van der Waals surface area contributed by atoms with Gasteiger partial charge in [-0.05, 0) is 18.2 Å². The van der Waals surface area contributed by atoms with Crippen LogP contribution in [0.5, 0.6) is 5.75 Å². The lowest BCUT2D eigenvalue weighted by Crippen LogP contribution is -2.28. The van der Waals surface area contributed by atoms with E-state index >= 15 is 0 Å². The molecule has 8 nitrogen and oxygen atoms in total. The van der Waals surface area contributed by atoms with E-state index in [0.29, 0.717) is 39.3 Å². The normalized spacial score (nSPS) is 14.0. The molecule has 0 unspecified atom stereocenters. The molecule has 4 aromatic rings. The van der Waals surface area contributed by atoms with Crippen LogP contribution in [0.25, 0.3) is 32.6 Å². The standard InChI is InChI=1S/C22H25N5O3/c28-12-8-23-6-10-27-16-5-4-15-19-20(16)21(25-27)14-2-1-3-17(30)18(14)22(19)24-7-9-26(15)11-13-29/h1-5,23,28-30H,6-13H2. The van der Waals surface area contributed by atoms with Crippen molar-refractivity contribution in [1.29, 1.82) is 0 Å². The molecule has 2 heterocycles. The Hall–Kier alpha value is -2.94. The van der Waals surface area contributed by atoms with Crippen LogP contribution in [0.1, 0.15) is 0 Å². The molecule has 0 radical (unpaired) electrons. The summed E-state index contributed by atoms with van der Waals surface area (Å²) in [6.45, 7) is 3.90. The third kappa shape index (κ3) is 2.87. The quantitative estimate of drug-likeness (QED) is 0.267. The number of β-amino-alcohol motifs (C(OH)–C–C–N with tert-alkyl or cyclic N) is 1. The molecule has 0 spiro atoms. The molecule has 3 aromatic carbocycles. The molecule has 0 saturated carbocycles. The summed E-state index contributed by atoms with van der Waals surface area (Å²) in [5.74, 6) is 0.203. The summed E-state index contributed by atoms with van der Waals surface area (Å²) in [5.41, 5.74) is 2.88. The molecule has 5 rings (SSSR count). The first-order valence-electron chi connectivity index (χ1n) is 10.3. The van der Waals surface area contributed by atoms with E-state index in [1.54, 1.807) is 6.07 Å². The van der Waals surface area contributed by atoms with Crippen molar-refractivity contribution in [3.8, 4) is 5.75 Å². The van der Waals surface area contributed by atoms with Crippen molar-refractivity contribution in [3.63, 3.8) is 0 Å². The lowest BCUT2D eigenvalue weighted by atomic mass is 9.98. The molecule has 1 aliphatic heterocycles.